The zero-order chi connectivity index (χ0) is 13.5. The zero-order valence-corrected chi connectivity index (χ0v) is 10.9. The van der Waals surface area contributed by atoms with Gasteiger partial charge in [-0.05, 0) is 19.8 Å². The Hall–Kier alpha value is -1.30. The number of carbonyl (C=O) groups excluding carboxylic acids is 1. The molecule has 1 fully saturated rings. The van der Waals surface area contributed by atoms with Crippen molar-refractivity contribution in [1.29, 1.82) is 0 Å². The molecule has 0 aromatic rings. The maximum Gasteiger partial charge on any atom is 0.326 e. The molecule has 3 atom stereocenters. The molecule has 1 heterocycles. The number of hydrogen-bond acceptors (Lipinski definition) is 3. The van der Waals surface area contributed by atoms with Gasteiger partial charge in [-0.3, -0.25) is 0 Å². The Morgan fingerprint density at radius 2 is 2.22 bits per heavy atom. The van der Waals surface area contributed by atoms with Crippen molar-refractivity contribution in [2.75, 3.05) is 13.2 Å². The second-order valence-electron chi connectivity index (χ2n) is 4.66. The molecule has 0 saturated carbocycles. The molecule has 1 rings (SSSR count). The predicted molar refractivity (Wildman–Crippen MR) is 66.4 cm³/mol. The number of carboxylic acids is 1. The Balaban J connectivity index is 2.29. The van der Waals surface area contributed by atoms with Crippen molar-refractivity contribution < 1.29 is 19.4 Å². The second-order valence-corrected chi connectivity index (χ2v) is 4.66. The van der Waals surface area contributed by atoms with E-state index in [4.69, 9.17) is 9.84 Å². The van der Waals surface area contributed by atoms with Crippen LogP contribution in [0, 0.1) is 5.92 Å². The lowest BCUT2D eigenvalue weighted by atomic mass is 10.0. The molecule has 1 aliphatic heterocycles. The van der Waals surface area contributed by atoms with E-state index in [0.29, 0.717) is 25.3 Å². The maximum atomic E-state index is 11.6. The lowest BCUT2D eigenvalue weighted by Gasteiger charge is -2.17. The average Bonchev–Trinajstić information content (AvgIpc) is 2.71. The number of urea groups is 1. The van der Waals surface area contributed by atoms with Crippen LogP contribution in [0.1, 0.15) is 33.1 Å². The van der Waals surface area contributed by atoms with Crippen LogP contribution in [-0.2, 0) is 9.53 Å². The van der Waals surface area contributed by atoms with Crippen LogP contribution in [0.15, 0.2) is 0 Å². The summed E-state index contributed by atoms with van der Waals surface area (Å²) < 4.78 is 5.39. The van der Waals surface area contributed by atoms with Crippen molar-refractivity contribution in [2.45, 2.75) is 45.3 Å². The Labute approximate surface area is 107 Å². The molecule has 0 radical (unpaired) electrons. The van der Waals surface area contributed by atoms with Gasteiger partial charge >= 0.3 is 12.0 Å². The average molecular weight is 258 g/mol. The highest BCUT2D eigenvalue weighted by Gasteiger charge is 2.25. The van der Waals surface area contributed by atoms with E-state index in [1.54, 1.807) is 0 Å². The molecular weight excluding hydrogens is 236 g/mol. The van der Waals surface area contributed by atoms with Crippen LogP contribution in [-0.4, -0.2) is 42.4 Å². The van der Waals surface area contributed by atoms with Gasteiger partial charge < -0.3 is 20.5 Å². The molecule has 6 heteroatoms. The van der Waals surface area contributed by atoms with E-state index in [0.717, 1.165) is 13.0 Å². The molecule has 1 aliphatic rings. The van der Waals surface area contributed by atoms with Crippen LogP contribution < -0.4 is 10.6 Å². The molecule has 0 spiro atoms. The van der Waals surface area contributed by atoms with Crippen molar-refractivity contribution in [1.82, 2.24) is 10.6 Å². The van der Waals surface area contributed by atoms with Crippen LogP contribution >= 0.6 is 0 Å². The zero-order valence-electron chi connectivity index (χ0n) is 10.9. The molecule has 18 heavy (non-hydrogen) atoms. The molecular formula is C12H22N2O4. The standard InChI is InChI=1S/C12H22N2O4/c1-3-4-10(11(15)16)14-12(17)13-7-9-5-6-18-8(9)2/h8-10H,3-7H2,1-2H3,(H,15,16)(H2,13,14,17). The predicted octanol–water partition coefficient (Wildman–Crippen LogP) is 0.964. The first kappa shape index (κ1) is 14.8. The van der Waals surface area contributed by atoms with Gasteiger partial charge in [0.05, 0.1) is 6.10 Å². The van der Waals surface area contributed by atoms with Gasteiger partial charge in [0.2, 0.25) is 0 Å². The summed E-state index contributed by atoms with van der Waals surface area (Å²) in [6.07, 6.45) is 2.23. The summed E-state index contributed by atoms with van der Waals surface area (Å²) in [5.41, 5.74) is 0. The molecule has 2 amide bonds. The normalized spacial score (nSPS) is 24.6. The minimum absolute atomic E-state index is 0.149. The van der Waals surface area contributed by atoms with Gasteiger partial charge in [0.25, 0.3) is 0 Å². The van der Waals surface area contributed by atoms with Gasteiger partial charge in [0, 0.05) is 19.1 Å². The first-order valence-electron chi connectivity index (χ1n) is 6.43. The lowest BCUT2D eigenvalue weighted by Crippen LogP contribution is -2.47. The molecule has 6 nitrogen and oxygen atoms in total. The summed E-state index contributed by atoms with van der Waals surface area (Å²) in [6.45, 7) is 5.11. The van der Waals surface area contributed by atoms with Crippen molar-refractivity contribution in [3.05, 3.63) is 0 Å². The summed E-state index contributed by atoms with van der Waals surface area (Å²) in [5.74, 6) is -0.685. The first-order chi connectivity index (χ1) is 8.54. The monoisotopic (exact) mass is 258 g/mol. The topological polar surface area (TPSA) is 87.7 Å². The van der Waals surface area contributed by atoms with Crippen molar-refractivity contribution in [2.24, 2.45) is 5.92 Å². The van der Waals surface area contributed by atoms with E-state index in [1.165, 1.54) is 0 Å². The summed E-state index contributed by atoms with van der Waals surface area (Å²) in [6, 6.07) is -1.23. The molecule has 3 N–H and O–H groups in total. The number of aliphatic carboxylic acids is 1. The SMILES string of the molecule is CCCC(NC(=O)NCC1CCOC1C)C(=O)O. The maximum absolute atomic E-state index is 11.6. The highest BCUT2D eigenvalue weighted by atomic mass is 16.5. The van der Waals surface area contributed by atoms with Crippen LogP contribution in [0.25, 0.3) is 0 Å². The molecule has 0 bridgehead atoms. The fourth-order valence-corrected chi connectivity index (χ4v) is 2.02. The fourth-order valence-electron chi connectivity index (χ4n) is 2.02. The van der Waals surface area contributed by atoms with Gasteiger partial charge in [0.1, 0.15) is 6.04 Å². The lowest BCUT2D eigenvalue weighted by molar-refractivity contribution is -0.139. The second kappa shape index (κ2) is 7.20. The summed E-state index contributed by atoms with van der Waals surface area (Å²) in [5, 5.41) is 14.1. The molecule has 104 valence electrons. The number of carboxylic acid groups (broad SMARTS) is 1. The van der Waals surface area contributed by atoms with E-state index in [2.05, 4.69) is 10.6 Å². The molecule has 3 unspecified atom stereocenters. The van der Waals surface area contributed by atoms with Crippen LogP contribution in [0.3, 0.4) is 0 Å². The van der Waals surface area contributed by atoms with Crippen LogP contribution in [0.2, 0.25) is 0 Å². The number of rotatable bonds is 6. The van der Waals surface area contributed by atoms with Gasteiger partial charge in [-0.1, -0.05) is 13.3 Å². The molecule has 0 aromatic heterocycles. The van der Waals surface area contributed by atoms with Gasteiger partial charge in [-0.15, -0.1) is 0 Å². The quantitative estimate of drug-likeness (QED) is 0.662. The third-order valence-corrected chi connectivity index (χ3v) is 3.24. The highest BCUT2D eigenvalue weighted by Crippen LogP contribution is 2.19. The summed E-state index contributed by atoms with van der Waals surface area (Å²) in [4.78, 5) is 22.4. The summed E-state index contributed by atoms with van der Waals surface area (Å²) in [7, 11) is 0. The molecule has 0 aromatic carbocycles. The molecule has 0 aliphatic carbocycles. The van der Waals surface area contributed by atoms with Crippen LogP contribution in [0.5, 0.6) is 0 Å². The fraction of sp³-hybridized carbons (Fsp3) is 0.833. The third kappa shape index (κ3) is 4.52. The minimum atomic E-state index is -0.996. The minimum Gasteiger partial charge on any atom is -0.480 e. The third-order valence-electron chi connectivity index (χ3n) is 3.24. The van der Waals surface area contributed by atoms with E-state index < -0.39 is 18.0 Å². The first-order valence-corrected chi connectivity index (χ1v) is 6.43. The number of amides is 2. The highest BCUT2D eigenvalue weighted by molar-refractivity contribution is 5.82. The van der Waals surface area contributed by atoms with E-state index in [-0.39, 0.29) is 6.10 Å². The van der Waals surface area contributed by atoms with Gasteiger partial charge in [-0.2, -0.15) is 0 Å². The van der Waals surface area contributed by atoms with Crippen molar-refractivity contribution in [3.63, 3.8) is 0 Å². The Morgan fingerprint density at radius 3 is 2.72 bits per heavy atom. The Morgan fingerprint density at radius 1 is 1.50 bits per heavy atom. The number of carbonyl (C=O) groups is 2. The van der Waals surface area contributed by atoms with E-state index in [1.807, 2.05) is 13.8 Å². The Bertz CT molecular complexity index is 296. The Kier molecular flexibility index (Phi) is 5.91. The van der Waals surface area contributed by atoms with E-state index >= 15 is 0 Å². The van der Waals surface area contributed by atoms with Crippen molar-refractivity contribution >= 4 is 12.0 Å². The number of nitrogens with one attached hydrogen (secondary N) is 2. The smallest absolute Gasteiger partial charge is 0.326 e. The van der Waals surface area contributed by atoms with Crippen LogP contribution in [0.4, 0.5) is 4.79 Å². The largest absolute Gasteiger partial charge is 0.480 e. The van der Waals surface area contributed by atoms with Gasteiger partial charge in [-0.25, -0.2) is 9.59 Å². The van der Waals surface area contributed by atoms with Gasteiger partial charge in [0.15, 0.2) is 0 Å². The number of hydrogen-bond donors (Lipinski definition) is 3. The number of ether oxygens (including phenoxy) is 1. The molecule has 1 saturated heterocycles. The van der Waals surface area contributed by atoms with Crippen molar-refractivity contribution in [3.8, 4) is 0 Å². The van der Waals surface area contributed by atoms with E-state index in [9.17, 15) is 9.59 Å². The summed E-state index contributed by atoms with van der Waals surface area (Å²) >= 11 is 0.